The summed E-state index contributed by atoms with van der Waals surface area (Å²) in [5.41, 5.74) is 6.51. The number of aliphatic hydroxyl groups is 2. The van der Waals surface area contributed by atoms with E-state index in [4.69, 9.17) is 4.74 Å². The summed E-state index contributed by atoms with van der Waals surface area (Å²) >= 11 is 0. The molecule has 0 amide bonds. The van der Waals surface area contributed by atoms with Gasteiger partial charge in [0.25, 0.3) is 0 Å². The van der Waals surface area contributed by atoms with Crippen LogP contribution < -0.4 is 20.3 Å². The predicted molar refractivity (Wildman–Crippen MR) is 135 cm³/mol. The summed E-state index contributed by atoms with van der Waals surface area (Å²) in [7, 11) is 0. The molecule has 0 fully saturated rings. The summed E-state index contributed by atoms with van der Waals surface area (Å²) in [5.74, 6) is 1.78. The second kappa shape index (κ2) is 10.6. The summed E-state index contributed by atoms with van der Waals surface area (Å²) in [6, 6.07) is 21.1. The monoisotopic (exact) mass is 447 g/mol. The summed E-state index contributed by atoms with van der Waals surface area (Å²) in [6.07, 6.45) is 0. The molecule has 0 atom stereocenters. The standard InChI is InChI=1S/C27H33N3O3/c1-3-28-20-7-11-23-25(17-20)33-26-18-21(29-4-2)8-12-24(26)27(23)19-5-9-22(10-6-19)30(13-15-31)14-16-32/h5-12,17-18,27-29,31-32H,3-4,13-16H2,1-2H3. The van der Waals surface area contributed by atoms with Crippen LogP contribution in [0.15, 0.2) is 60.7 Å². The van der Waals surface area contributed by atoms with Crippen LogP contribution in [0.3, 0.4) is 0 Å². The van der Waals surface area contributed by atoms with Gasteiger partial charge < -0.3 is 30.5 Å². The molecule has 0 unspecified atom stereocenters. The van der Waals surface area contributed by atoms with Crippen molar-refractivity contribution >= 4 is 17.1 Å². The highest BCUT2D eigenvalue weighted by molar-refractivity contribution is 5.66. The molecule has 0 aromatic heterocycles. The lowest BCUT2D eigenvalue weighted by Crippen LogP contribution is -2.29. The molecule has 0 saturated carbocycles. The van der Waals surface area contributed by atoms with Crippen molar-refractivity contribution in [3.05, 3.63) is 77.4 Å². The Bertz CT molecular complexity index is 1010. The summed E-state index contributed by atoms with van der Waals surface area (Å²) < 4.78 is 6.39. The maximum atomic E-state index is 9.38. The minimum absolute atomic E-state index is 0.0464. The second-order valence-electron chi connectivity index (χ2n) is 8.13. The molecule has 0 radical (unpaired) electrons. The smallest absolute Gasteiger partial charge is 0.133 e. The minimum Gasteiger partial charge on any atom is -0.457 e. The Morgan fingerprint density at radius 1 is 0.758 bits per heavy atom. The molecule has 6 nitrogen and oxygen atoms in total. The lowest BCUT2D eigenvalue weighted by atomic mass is 9.82. The quantitative estimate of drug-likeness (QED) is 0.284. The highest BCUT2D eigenvalue weighted by Crippen LogP contribution is 2.48. The molecule has 0 bridgehead atoms. The Morgan fingerprint density at radius 2 is 1.27 bits per heavy atom. The van der Waals surface area contributed by atoms with E-state index in [2.05, 4.69) is 85.1 Å². The van der Waals surface area contributed by atoms with Crippen molar-refractivity contribution < 1.29 is 14.9 Å². The molecule has 3 aromatic carbocycles. The first kappa shape index (κ1) is 23.0. The van der Waals surface area contributed by atoms with Gasteiger partial charge in [0.2, 0.25) is 0 Å². The Morgan fingerprint density at radius 3 is 1.73 bits per heavy atom. The van der Waals surface area contributed by atoms with E-state index in [1.165, 1.54) is 5.56 Å². The molecule has 1 aliphatic heterocycles. The number of aliphatic hydroxyl groups excluding tert-OH is 2. The van der Waals surface area contributed by atoms with Crippen LogP contribution in [-0.2, 0) is 0 Å². The number of rotatable bonds is 10. The average Bonchev–Trinajstić information content (AvgIpc) is 2.83. The van der Waals surface area contributed by atoms with E-state index in [9.17, 15) is 10.2 Å². The van der Waals surface area contributed by atoms with Gasteiger partial charge >= 0.3 is 0 Å². The first-order chi connectivity index (χ1) is 16.2. The van der Waals surface area contributed by atoms with Gasteiger partial charge in [0.15, 0.2) is 0 Å². The van der Waals surface area contributed by atoms with Gasteiger partial charge in [0.05, 0.1) is 13.2 Å². The molecular formula is C27H33N3O3. The molecule has 0 saturated heterocycles. The van der Waals surface area contributed by atoms with E-state index in [1.54, 1.807) is 0 Å². The molecular weight excluding hydrogens is 414 g/mol. The van der Waals surface area contributed by atoms with E-state index in [1.807, 2.05) is 4.90 Å². The SMILES string of the molecule is CCNc1ccc2c(c1)Oc1cc(NCC)ccc1C2c1ccc(N(CCO)CCO)cc1. The van der Waals surface area contributed by atoms with Crippen molar-refractivity contribution in [2.24, 2.45) is 0 Å². The maximum absolute atomic E-state index is 9.38. The van der Waals surface area contributed by atoms with Crippen LogP contribution in [0.5, 0.6) is 11.5 Å². The van der Waals surface area contributed by atoms with E-state index in [0.717, 1.165) is 52.8 Å². The molecule has 3 aromatic rings. The fourth-order valence-electron chi connectivity index (χ4n) is 4.48. The highest BCUT2D eigenvalue weighted by Gasteiger charge is 2.29. The van der Waals surface area contributed by atoms with Crippen molar-refractivity contribution in [2.75, 3.05) is 54.9 Å². The summed E-state index contributed by atoms with van der Waals surface area (Å²) in [6.45, 7) is 6.94. The molecule has 1 aliphatic rings. The molecule has 4 rings (SSSR count). The molecule has 6 heteroatoms. The molecule has 174 valence electrons. The lowest BCUT2D eigenvalue weighted by Gasteiger charge is -2.30. The van der Waals surface area contributed by atoms with Crippen LogP contribution in [-0.4, -0.2) is 49.6 Å². The van der Waals surface area contributed by atoms with Crippen LogP contribution in [0.25, 0.3) is 0 Å². The summed E-state index contributed by atoms with van der Waals surface area (Å²) in [5, 5.41) is 25.5. The number of nitrogens with one attached hydrogen (secondary N) is 2. The molecule has 0 spiro atoms. The summed E-state index contributed by atoms with van der Waals surface area (Å²) in [4.78, 5) is 1.99. The van der Waals surface area contributed by atoms with Crippen LogP contribution in [0, 0.1) is 0 Å². The van der Waals surface area contributed by atoms with E-state index >= 15 is 0 Å². The Labute approximate surface area is 195 Å². The van der Waals surface area contributed by atoms with Gasteiger partial charge in [-0.25, -0.2) is 0 Å². The van der Waals surface area contributed by atoms with Gasteiger partial charge in [-0.05, 0) is 43.7 Å². The van der Waals surface area contributed by atoms with Crippen molar-refractivity contribution in [2.45, 2.75) is 19.8 Å². The third-order valence-electron chi connectivity index (χ3n) is 5.96. The van der Waals surface area contributed by atoms with Crippen molar-refractivity contribution in [3.8, 4) is 11.5 Å². The van der Waals surface area contributed by atoms with Gasteiger partial charge in [-0.2, -0.15) is 0 Å². The van der Waals surface area contributed by atoms with Gasteiger partial charge in [-0.1, -0.05) is 24.3 Å². The third kappa shape index (κ3) is 4.92. The van der Waals surface area contributed by atoms with E-state index < -0.39 is 0 Å². The fraction of sp³-hybridized carbons (Fsp3) is 0.333. The molecule has 4 N–H and O–H groups in total. The second-order valence-corrected chi connectivity index (χ2v) is 8.13. The number of fused-ring (bicyclic) bond motifs is 2. The molecule has 1 heterocycles. The van der Waals surface area contributed by atoms with Crippen molar-refractivity contribution in [1.82, 2.24) is 0 Å². The largest absolute Gasteiger partial charge is 0.457 e. The van der Waals surface area contributed by atoms with Gasteiger partial charge in [-0.3, -0.25) is 0 Å². The Hall–Kier alpha value is -3.22. The first-order valence-corrected chi connectivity index (χ1v) is 11.7. The Kier molecular flexibility index (Phi) is 7.37. The lowest BCUT2D eigenvalue weighted by molar-refractivity contribution is 0.281. The zero-order valence-electron chi connectivity index (χ0n) is 19.3. The normalized spacial score (nSPS) is 12.5. The van der Waals surface area contributed by atoms with Crippen molar-refractivity contribution in [3.63, 3.8) is 0 Å². The zero-order valence-corrected chi connectivity index (χ0v) is 19.3. The third-order valence-corrected chi connectivity index (χ3v) is 5.96. The first-order valence-electron chi connectivity index (χ1n) is 11.7. The molecule has 0 aliphatic carbocycles. The Balaban J connectivity index is 1.75. The van der Waals surface area contributed by atoms with Crippen molar-refractivity contribution in [1.29, 1.82) is 0 Å². The number of nitrogens with zero attached hydrogens (tertiary/aromatic N) is 1. The fourth-order valence-corrected chi connectivity index (χ4v) is 4.48. The molecule has 33 heavy (non-hydrogen) atoms. The highest BCUT2D eigenvalue weighted by atomic mass is 16.5. The van der Waals surface area contributed by atoms with E-state index in [-0.39, 0.29) is 19.1 Å². The number of benzene rings is 3. The number of hydrogen-bond acceptors (Lipinski definition) is 6. The van der Waals surface area contributed by atoms with Crippen LogP contribution in [0.2, 0.25) is 0 Å². The van der Waals surface area contributed by atoms with Crippen LogP contribution in [0.4, 0.5) is 17.1 Å². The predicted octanol–water partition coefficient (Wildman–Crippen LogP) is 4.63. The minimum atomic E-state index is 0.0464. The average molecular weight is 448 g/mol. The van der Waals surface area contributed by atoms with Gasteiger partial charge in [0, 0.05) is 72.4 Å². The number of hydrogen-bond donors (Lipinski definition) is 4. The number of ether oxygens (including phenoxy) is 1. The van der Waals surface area contributed by atoms with Gasteiger partial charge in [-0.15, -0.1) is 0 Å². The van der Waals surface area contributed by atoms with Crippen LogP contribution >= 0.6 is 0 Å². The topological polar surface area (TPSA) is 77.0 Å². The maximum Gasteiger partial charge on any atom is 0.133 e. The zero-order chi connectivity index (χ0) is 23.2. The van der Waals surface area contributed by atoms with Gasteiger partial charge in [0.1, 0.15) is 11.5 Å². The number of anilines is 3. The van der Waals surface area contributed by atoms with E-state index in [0.29, 0.717) is 13.1 Å². The van der Waals surface area contributed by atoms with Crippen LogP contribution in [0.1, 0.15) is 36.5 Å².